The standard InChI is InChI=1S/C9H17N3OS3/c1-4-10-7(5-13-2)6-15-9-12-11-8(14-3)16-9/h7,10H,4-6H2,1-3H3. The summed E-state index contributed by atoms with van der Waals surface area (Å²) in [5, 5.41) is 11.6. The third kappa shape index (κ3) is 5.01. The molecule has 0 fully saturated rings. The summed E-state index contributed by atoms with van der Waals surface area (Å²) >= 11 is 5.02. The average molecular weight is 279 g/mol. The number of nitrogens with zero attached hydrogens (tertiary/aromatic N) is 2. The summed E-state index contributed by atoms with van der Waals surface area (Å²) in [6.07, 6.45) is 2.02. The maximum atomic E-state index is 5.16. The molecule has 0 spiro atoms. The van der Waals surface area contributed by atoms with Crippen LogP contribution in [-0.2, 0) is 4.74 Å². The first-order valence-corrected chi connectivity index (χ1v) is 8.05. The van der Waals surface area contributed by atoms with Gasteiger partial charge in [-0.05, 0) is 12.8 Å². The monoisotopic (exact) mass is 279 g/mol. The minimum absolute atomic E-state index is 0.377. The van der Waals surface area contributed by atoms with Crippen LogP contribution in [-0.4, -0.2) is 48.5 Å². The highest BCUT2D eigenvalue weighted by Gasteiger charge is 2.10. The molecule has 0 radical (unpaired) electrons. The maximum absolute atomic E-state index is 5.16. The number of likely N-dealkylation sites (N-methyl/N-ethyl adjacent to an activating group) is 1. The molecule has 4 nitrogen and oxygen atoms in total. The molecular weight excluding hydrogens is 262 g/mol. The molecular formula is C9H17N3OS3. The summed E-state index contributed by atoms with van der Waals surface area (Å²) < 4.78 is 7.21. The molecule has 0 amide bonds. The molecule has 0 aromatic carbocycles. The fourth-order valence-corrected chi connectivity index (χ4v) is 3.66. The summed E-state index contributed by atoms with van der Waals surface area (Å²) in [5.74, 6) is 0.963. The quantitative estimate of drug-likeness (QED) is 0.734. The van der Waals surface area contributed by atoms with E-state index in [0.29, 0.717) is 6.04 Å². The summed E-state index contributed by atoms with van der Waals surface area (Å²) in [5.41, 5.74) is 0. The molecule has 1 heterocycles. The highest BCUT2D eigenvalue weighted by atomic mass is 32.2. The summed E-state index contributed by atoms with van der Waals surface area (Å²) in [4.78, 5) is 0. The molecule has 0 aliphatic rings. The van der Waals surface area contributed by atoms with Crippen molar-refractivity contribution in [3.05, 3.63) is 0 Å². The maximum Gasteiger partial charge on any atom is 0.175 e. The molecule has 16 heavy (non-hydrogen) atoms. The van der Waals surface area contributed by atoms with E-state index >= 15 is 0 Å². The van der Waals surface area contributed by atoms with Crippen molar-refractivity contribution >= 4 is 34.9 Å². The van der Waals surface area contributed by atoms with Crippen LogP contribution in [0.15, 0.2) is 8.68 Å². The first kappa shape index (κ1) is 14.2. The molecule has 0 aliphatic carbocycles. The van der Waals surface area contributed by atoms with Crippen molar-refractivity contribution < 1.29 is 4.74 Å². The SMILES string of the molecule is CCNC(COC)CSc1nnc(SC)s1. The van der Waals surface area contributed by atoms with Crippen LogP contribution < -0.4 is 5.32 Å². The molecule has 1 aromatic rings. The third-order valence-corrected chi connectivity index (χ3v) is 5.03. The number of rotatable bonds is 8. The van der Waals surface area contributed by atoms with Gasteiger partial charge in [0, 0.05) is 18.9 Å². The topological polar surface area (TPSA) is 47.0 Å². The van der Waals surface area contributed by atoms with E-state index in [1.165, 1.54) is 0 Å². The zero-order chi connectivity index (χ0) is 11.8. The van der Waals surface area contributed by atoms with Gasteiger partial charge in [0.05, 0.1) is 6.61 Å². The van der Waals surface area contributed by atoms with E-state index < -0.39 is 0 Å². The zero-order valence-corrected chi connectivity index (χ0v) is 12.2. The Labute approximate surface area is 109 Å². The smallest absolute Gasteiger partial charge is 0.175 e. The van der Waals surface area contributed by atoms with Crippen molar-refractivity contribution in [2.24, 2.45) is 0 Å². The molecule has 0 bridgehead atoms. The molecule has 1 rings (SSSR count). The lowest BCUT2D eigenvalue weighted by atomic mass is 10.3. The van der Waals surface area contributed by atoms with Gasteiger partial charge < -0.3 is 10.1 Å². The number of aromatic nitrogens is 2. The number of ether oxygens (including phenoxy) is 1. The molecule has 92 valence electrons. The molecule has 1 N–H and O–H groups in total. The average Bonchev–Trinajstić information content (AvgIpc) is 2.74. The van der Waals surface area contributed by atoms with Crippen molar-refractivity contribution in [2.75, 3.05) is 32.3 Å². The van der Waals surface area contributed by atoms with Crippen molar-refractivity contribution in [1.82, 2.24) is 15.5 Å². The van der Waals surface area contributed by atoms with Crippen LogP contribution in [0, 0.1) is 0 Å². The zero-order valence-electron chi connectivity index (χ0n) is 9.73. The molecule has 0 aliphatic heterocycles. The first-order chi connectivity index (χ1) is 7.80. The lowest BCUT2D eigenvalue weighted by Crippen LogP contribution is -2.35. The van der Waals surface area contributed by atoms with E-state index in [2.05, 4.69) is 22.4 Å². The van der Waals surface area contributed by atoms with Crippen LogP contribution >= 0.6 is 34.9 Å². The highest BCUT2D eigenvalue weighted by Crippen LogP contribution is 2.27. The van der Waals surface area contributed by atoms with E-state index in [4.69, 9.17) is 4.74 Å². The van der Waals surface area contributed by atoms with E-state index in [9.17, 15) is 0 Å². The Hall–Kier alpha value is 0.180. The fraction of sp³-hybridized carbons (Fsp3) is 0.778. The van der Waals surface area contributed by atoms with Crippen molar-refractivity contribution in [3.8, 4) is 0 Å². The van der Waals surface area contributed by atoms with Crippen molar-refractivity contribution in [1.29, 1.82) is 0 Å². The van der Waals surface area contributed by atoms with Gasteiger partial charge in [-0.3, -0.25) is 0 Å². The summed E-state index contributed by atoms with van der Waals surface area (Å²) in [7, 11) is 1.73. The summed E-state index contributed by atoms with van der Waals surface area (Å²) in [6.45, 7) is 3.79. The molecule has 0 saturated carbocycles. The molecule has 1 unspecified atom stereocenters. The predicted octanol–water partition coefficient (Wildman–Crippen LogP) is 1.98. The minimum atomic E-state index is 0.377. The Kier molecular flexibility index (Phi) is 7.39. The Morgan fingerprint density at radius 1 is 1.44 bits per heavy atom. The summed E-state index contributed by atoms with van der Waals surface area (Å²) in [6, 6.07) is 0.377. The molecule has 1 aromatic heterocycles. The van der Waals surface area contributed by atoms with E-state index in [-0.39, 0.29) is 0 Å². The van der Waals surface area contributed by atoms with E-state index in [0.717, 1.165) is 27.6 Å². The second-order valence-electron chi connectivity index (χ2n) is 3.06. The van der Waals surface area contributed by atoms with Gasteiger partial charge >= 0.3 is 0 Å². The van der Waals surface area contributed by atoms with Crippen LogP contribution in [0.2, 0.25) is 0 Å². The number of nitrogens with one attached hydrogen (secondary N) is 1. The Morgan fingerprint density at radius 3 is 2.75 bits per heavy atom. The van der Waals surface area contributed by atoms with Crippen LogP contribution in [0.3, 0.4) is 0 Å². The molecule has 7 heteroatoms. The molecule has 0 saturated heterocycles. The van der Waals surface area contributed by atoms with Gasteiger partial charge in [-0.15, -0.1) is 10.2 Å². The van der Waals surface area contributed by atoms with Gasteiger partial charge in [-0.1, -0.05) is 41.8 Å². The Bertz CT molecular complexity index is 289. The lowest BCUT2D eigenvalue weighted by Gasteiger charge is -2.15. The van der Waals surface area contributed by atoms with E-state index in [1.54, 1.807) is 42.0 Å². The number of methoxy groups -OCH3 is 1. The van der Waals surface area contributed by atoms with Gasteiger partial charge in [0.1, 0.15) is 0 Å². The highest BCUT2D eigenvalue weighted by molar-refractivity contribution is 8.03. The van der Waals surface area contributed by atoms with Gasteiger partial charge in [0.25, 0.3) is 0 Å². The first-order valence-electron chi connectivity index (χ1n) is 5.02. The number of hydrogen-bond acceptors (Lipinski definition) is 7. The minimum Gasteiger partial charge on any atom is -0.383 e. The Balaban J connectivity index is 2.35. The normalized spacial score (nSPS) is 12.9. The predicted molar refractivity (Wildman–Crippen MR) is 71.8 cm³/mol. The largest absolute Gasteiger partial charge is 0.383 e. The third-order valence-electron chi connectivity index (χ3n) is 1.83. The van der Waals surface area contributed by atoms with Crippen LogP contribution in [0.25, 0.3) is 0 Å². The van der Waals surface area contributed by atoms with Gasteiger partial charge in [-0.25, -0.2) is 0 Å². The number of thioether (sulfide) groups is 2. The second kappa shape index (κ2) is 8.30. The van der Waals surface area contributed by atoms with Gasteiger partial charge in [0.2, 0.25) is 0 Å². The van der Waals surface area contributed by atoms with Crippen molar-refractivity contribution in [2.45, 2.75) is 21.6 Å². The lowest BCUT2D eigenvalue weighted by molar-refractivity contribution is 0.174. The Morgan fingerprint density at radius 2 is 2.19 bits per heavy atom. The van der Waals surface area contributed by atoms with Gasteiger partial charge in [-0.2, -0.15) is 0 Å². The molecule has 1 atom stereocenters. The second-order valence-corrected chi connectivity index (χ2v) is 6.36. The van der Waals surface area contributed by atoms with Crippen LogP contribution in [0.4, 0.5) is 0 Å². The van der Waals surface area contributed by atoms with E-state index in [1.807, 2.05) is 6.26 Å². The van der Waals surface area contributed by atoms with Crippen LogP contribution in [0.5, 0.6) is 0 Å². The number of hydrogen-bond donors (Lipinski definition) is 1. The van der Waals surface area contributed by atoms with Gasteiger partial charge in [0.15, 0.2) is 8.68 Å². The van der Waals surface area contributed by atoms with Crippen molar-refractivity contribution in [3.63, 3.8) is 0 Å². The van der Waals surface area contributed by atoms with Crippen LogP contribution in [0.1, 0.15) is 6.92 Å². The fourth-order valence-electron chi connectivity index (χ4n) is 1.17.